The SMILES string of the molecule is O=C(O)[C@]1(F)CCC(c2c(C3CCOCC3)n(-c3ccc(F)cc3)c3cc4cn[nH]c4nc23)C1. The van der Waals surface area contributed by atoms with Crippen LogP contribution >= 0.6 is 0 Å². The highest BCUT2D eigenvalue weighted by atomic mass is 19.1. The Labute approximate surface area is 193 Å². The van der Waals surface area contributed by atoms with Crippen LogP contribution in [0.25, 0.3) is 27.8 Å². The van der Waals surface area contributed by atoms with Gasteiger partial charge < -0.3 is 14.4 Å². The van der Waals surface area contributed by atoms with E-state index in [1.807, 2.05) is 6.07 Å². The van der Waals surface area contributed by atoms with Crippen LogP contribution in [0.15, 0.2) is 36.5 Å². The van der Waals surface area contributed by atoms with Crippen LogP contribution in [-0.4, -0.2) is 49.7 Å². The van der Waals surface area contributed by atoms with Gasteiger partial charge in [0.05, 0.1) is 17.2 Å². The second-order valence-corrected chi connectivity index (χ2v) is 9.37. The summed E-state index contributed by atoms with van der Waals surface area (Å²) >= 11 is 0. The van der Waals surface area contributed by atoms with Crippen LogP contribution in [0.1, 0.15) is 55.2 Å². The number of nitrogens with zero attached hydrogens (tertiary/aromatic N) is 3. The number of aromatic amines is 1. The molecule has 0 amide bonds. The lowest BCUT2D eigenvalue weighted by Gasteiger charge is -2.27. The second-order valence-electron chi connectivity index (χ2n) is 9.37. The molecule has 4 heterocycles. The lowest BCUT2D eigenvalue weighted by Crippen LogP contribution is -2.30. The second kappa shape index (κ2) is 7.87. The first kappa shape index (κ1) is 21.2. The zero-order valence-electron chi connectivity index (χ0n) is 18.4. The number of fused-ring (bicyclic) bond motifs is 2. The van der Waals surface area contributed by atoms with E-state index in [9.17, 15) is 14.3 Å². The van der Waals surface area contributed by atoms with Gasteiger partial charge in [0, 0.05) is 41.5 Å². The van der Waals surface area contributed by atoms with Gasteiger partial charge in [-0.25, -0.2) is 18.6 Å². The molecule has 1 aromatic carbocycles. The van der Waals surface area contributed by atoms with E-state index in [1.54, 1.807) is 18.3 Å². The van der Waals surface area contributed by atoms with Crippen molar-refractivity contribution in [3.8, 4) is 5.69 Å². The molecular formula is C25H24F2N4O3. The van der Waals surface area contributed by atoms with Gasteiger partial charge in [-0.05, 0) is 68.4 Å². The number of carbonyl (C=O) groups is 1. The first-order valence-electron chi connectivity index (χ1n) is 11.6. The van der Waals surface area contributed by atoms with E-state index in [1.165, 1.54) is 12.1 Å². The lowest BCUT2D eigenvalue weighted by atomic mass is 9.86. The molecule has 1 saturated carbocycles. The van der Waals surface area contributed by atoms with Gasteiger partial charge in [-0.3, -0.25) is 5.10 Å². The van der Waals surface area contributed by atoms with E-state index in [-0.39, 0.29) is 30.5 Å². The minimum Gasteiger partial charge on any atom is -0.479 e. The van der Waals surface area contributed by atoms with Crippen LogP contribution in [0.3, 0.4) is 0 Å². The van der Waals surface area contributed by atoms with Gasteiger partial charge >= 0.3 is 5.97 Å². The van der Waals surface area contributed by atoms with Crippen molar-refractivity contribution >= 4 is 28.0 Å². The van der Waals surface area contributed by atoms with Gasteiger partial charge in [0.2, 0.25) is 5.67 Å². The number of carboxylic acids is 1. The maximum atomic E-state index is 15.2. The standard InChI is InChI=1S/C25H24F2N4O3/c26-17-1-3-18(4-2-17)31-19-11-16-13-28-30-23(16)29-21(19)20(22(31)14-6-9-34-10-7-14)15-5-8-25(27,12-15)24(32)33/h1-4,11,13-15H,5-10,12H2,(H,32,33)(H,28,29,30)/t15?,25-/m0/s1. The number of halogens is 2. The van der Waals surface area contributed by atoms with Crippen LogP contribution in [0.4, 0.5) is 8.78 Å². The van der Waals surface area contributed by atoms with E-state index in [0.29, 0.717) is 30.8 Å². The Morgan fingerprint density at radius 2 is 1.94 bits per heavy atom. The van der Waals surface area contributed by atoms with Gasteiger partial charge in [0.25, 0.3) is 0 Å². The summed E-state index contributed by atoms with van der Waals surface area (Å²) in [5, 5.41) is 17.4. The van der Waals surface area contributed by atoms with Gasteiger partial charge in [0.15, 0.2) is 5.65 Å². The van der Waals surface area contributed by atoms with Crippen molar-refractivity contribution in [2.75, 3.05) is 13.2 Å². The maximum absolute atomic E-state index is 15.2. The number of hydrogen-bond donors (Lipinski definition) is 2. The minimum atomic E-state index is -2.25. The zero-order valence-corrected chi connectivity index (χ0v) is 18.4. The number of rotatable bonds is 4. The smallest absolute Gasteiger partial charge is 0.341 e. The third-order valence-electron chi connectivity index (χ3n) is 7.36. The highest BCUT2D eigenvalue weighted by molar-refractivity contribution is 5.94. The summed E-state index contributed by atoms with van der Waals surface area (Å²) in [6.45, 7) is 1.22. The number of alkyl halides is 1. The third-order valence-corrected chi connectivity index (χ3v) is 7.36. The van der Waals surface area contributed by atoms with Crippen molar-refractivity contribution in [3.63, 3.8) is 0 Å². The van der Waals surface area contributed by atoms with E-state index < -0.39 is 11.6 Å². The molecule has 176 valence electrons. The number of aromatic nitrogens is 4. The predicted octanol–water partition coefficient (Wildman–Crippen LogP) is 5.00. The fourth-order valence-corrected chi connectivity index (χ4v) is 5.69. The van der Waals surface area contributed by atoms with Crippen molar-refractivity contribution in [1.82, 2.24) is 19.7 Å². The first-order valence-corrected chi connectivity index (χ1v) is 11.6. The molecule has 1 saturated heterocycles. The first-order chi connectivity index (χ1) is 16.4. The Kier molecular flexibility index (Phi) is 4.91. The van der Waals surface area contributed by atoms with Gasteiger partial charge in [0.1, 0.15) is 5.82 Å². The lowest BCUT2D eigenvalue weighted by molar-refractivity contribution is -0.150. The number of aliphatic carboxylic acids is 1. The predicted molar refractivity (Wildman–Crippen MR) is 122 cm³/mol. The Hall–Kier alpha value is -3.33. The quantitative estimate of drug-likeness (QED) is 0.442. The van der Waals surface area contributed by atoms with Gasteiger partial charge in [-0.1, -0.05) is 0 Å². The van der Waals surface area contributed by atoms with Gasteiger partial charge in [-0.2, -0.15) is 5.10 Å². The third kappa shape index (κ3) is 3.29. The molecule has 4 aromatic rings. The van der Waals surface area contributed by atoms with Crippen LogP contribution < -0.4 is 0 Å². The Morgan fingerprint density at radius 1 is 1.18 bits per heavy atom. The van der Waals surface area contributed by atoms with Crippen LogP contribution in [0, 0.1) is 5.82 Å². The summed E-state index contributed by atoms with van der Waals surface area (Å²) in [4.78, 5) is 16.6. The summed E-state index contributed by atoms with van der Waals surface area (Å²) in [6.07, 6.45) is 3.57. The summed E-state index contributed by atoms with van der Waals surface area (Å²) < 4.78 is 36.7. The molecule has 3 aromatic heterocycles. The summed E-state index contributed by atoms with van der Waals surface area (Å²) in [5.41, 5.74) is 2.57. The van der Waals surface area contributed by atoms with E-state index in [2.05, 4.69) is 14.8 Å². The molecule has 2 atom stereocenters. The number of H-pyrrole nitrogens is 1. The molecule has 2 aliphatic rings. The van der Waals surface area contributed by atoms with Gasteiger partial charge in [-0.15, -0.1) is 0 Å². The van der Waals surface area contributed by atoms with Crippen molar-refractivity contribution in [2.24, 2.45) is 0 Å². The molecule has 0 bridgehead atoms. The monoisotopic (exact) mass is 466 g/mol. The normalized spacial score (nSPS) is 23.8. The number of carboxylic acid groups (broad SMARTS) is 1. The summed E-state index contributed by atoms with van der Waals surface area (Å²) in [6, 6.07) is 8.29. The molecule has 34 heavy (non-hydrogen) atoms. The molecule has 6 rings (SSSR count). The molecule has 9 heteroatoms. The molecule has 7 nitrogen and oxygen atoms in total. The Morgan fingerprint density at radius 3 is 2.65 bits per heavy atom. The number of ether oxygens (including phenoxy) is 1. The molecule has 1 aliphatic carbocycles. The molecule has 2 fully saturated rings. The molecule has 0 spiro atoms. The molecule has 2 N–H and O–H groups in total. The maximum Gasteiger partial charge on any atom is 0.341 e. The fraction of sp³-hybridized carbons (Fsp3) is 0.400. The average molecular weight is 466 g/mol. The zero-order chi connectivity index (χ0) is 23.4. The minimum absolute atomic E-state index is 0.0320. The fourth-order valence-electron chi connectivity index (χ4n) is 5.69. The molecule has 1 unspecified atom stereocenters. The summed E-state index contributed by atoms with van der Waals surface area (Å²) in [5.74, 6) is -1.91. The van der Waals surface area contributed by atoms with E-state index in [4.69, 9.17) is 9.72 Å². The van der Waals surface area contributed by atoms with Crippen molar-refractivity contribution in [3.05, 3.63) is 53.6 Å². The van der Waals surface area contributed by atoms with Crippen molar-refractivity contribution in [2.45, 2.75) is 49.6 Å². The van der Waals surface area contributed by atoms with Crippen LogP contribution in [0.2, 0.25) is 0 Å². The molecule has 1 aliphatic heterocycles. The number of nitrogens with one attached hydrogen (secondary N) is 1. The van der Waals surface area contributed by atoms with E-state index in [0.717, 1.165) is 40.7 Å². The number of hydrogen-bond acceptors (Lipinski definition) is 4. The van der Waals surface area contributed by atoms with Crippen molar-refractivity contribution < 1.29 is 23.4 Å². The number of benzene rings is 1. The van der Waals surface area contributed by atoms with Crippen molar-refractivity contribution in [1.29, 1.82) is 0 Å². The molecule has 0 radical (unpaired) electrons. The Bertz CT molecular complexity index is 1390. The largest absolute Gasteiger partial charge is 0.479 e. The van der Waals surface area contributed by atoms with Crippen LogP contribution in [0.5, 0.6) is 0 Å². The molecular weight excluding hydrogens is 442 g/mol. The van der Waals surface area contributed by atoms with Crippen LogP contribution in [-0.2, 0) is 9.53 Å². The topological polar surface area (TPSA) is 93.0 Å². The van der Waals surface area contributed by atoms with E-state index >= 15 is 4.39 Å². The highest BCUT2D eigenvalue weighted by Crippen LogP contribution is 2.50. The summed E-state index contributed by atoms with van der Waals surface area (Å²) in [7, 11) is 0. The number of pyridine rings is 1. The average Bonchev–Trinajstić information content (AvgIpc) is 3.54. The highest BCUT2D eigenvalue weighted by Gasteiger charge is 2.48. The Balaban J connectivity index is 1.65.